The van der Waals surface area contributed by atoms with Gasteiger partial charge in [-0.05, 0) is 31.8 Å². The van der Waals surface area contributed by atoms with Gasteiger partial charge in [-0.15, -0.1) is 0 Å². The SMILES string of the molecule is CN(C)C[C@H]1C(c2ccc(Cl)cc2)=NO[C@@H]1N1CCOCC1. The molecule has 0 spiro atoms. The number of nitrogens with zero attached hydrogens (tertiary/aromatic N) is 3. The van der Waals surface area contributed by atoms with E-state index in [-0.39, 0.29) is 12.1 Å². The third-order valence-electron chi connectivity index (χ3n) is 4.06. The molecule has 0 unspecified atom stereocenters. The number of halogens is 1. The van der Waals surface area contributed by atoms with Crippen LogP contribution in [0.1, 0.15) is 5.56 Å². The molecule has 5 nitrogen and oxygen atoms in total. The number of rotatable bonds is 4. The lowest BCUT2D eigenvalue weighted by atomic mass is 9.94. The molecule has 2 atom stereocenters. The van der Waals surface area contributed by atoms with Gasteiger partial charge in [0.15, 0.2) is 6.23 Å². The molecule has 1 aromatic rings. The molecule has 1 saturated heterocycles. The number of benzene rings is 1. The van der Waals surface area contributed by atoms with Crippen LogP contribution in [0.2, 0.25) is 5.02 Å². The first kappa shape index (κ1) is 15.7. The van der Waals surface area contributed by atoms with Gasteiger partial charge in [0.2, 0.25) is 0 Å². The highest BCUT2D eigenvalue weighted by atomic mass is 35.5. The highest BCUT2D eigenvalue weighted by Crippen LogP contribution is 2.27. The standard InChI is InChI=1S/C16H22ClN3O2/c1-19(2)11-14-15(12-3-5-13(17)6-4-12)18-22-16(14)20-7-9-21-10-8-20/h3-6,14,16H,7-11H2,1-2H3/t14-,16-/m0/s1. The Morgan fingerprint density at radius 3 is 2.55 bits per heavy atom. The summed E-state index contributed by atoms with van der Waals surface area (Å²) in [4.78, 5) is 10.3. The van der Waals surface area contributed by atoms with Crippen LogP contribution in [0.15, 0.2) is 29.4 Å². The maximum Gasteiger partial charge on any atom is 0.191 e. The van der Waals surface area contributed by atoms with Crippen molar-refractivity contribution < 1.29 is 9.57 Å². The second-order valence-corrected chi connectivity index (χ2v) is 6.43. The highest BCUT2D eigenvalue weighted by molar-refractivity contribution is 6.30. The predicted molar refractivity (Wildman–Crippen MR) is 87.3 cm³/mol. The van der Waals surface area contributed by atoms with Crippen molar-refractivity contribution in [2.45, 2.75) is 6.23 Å². The molecule has 1 aromatic carbocycles. The fourth-order valence-corrected chi connectivity index (χ4v) is 3.12. The van der Waals surface area contributed by atoms with Crippen LogP contribution in [-0.2, 0) is 9.57 Å². The van der Waals surface area contributed by atoms with Crippen molar-refractivity contribution in [3.05, 3.63) is 34.9 Å². The maximum atomic E-state index is 5.99. The number of morpholine rings is 1. The lowest BCUT2D eigenvalue weighted by Crippen LogP contribution is -2.49. The third kappa shape index (κ3) is 3.43. The molecule has 0 N–H and O–H groups in total. The molecule has 2 aliphatic heterocycles. The van der Waals surface area contributed by atoms with E-state index < -0.39 is 0 Å². The Balaban J connectivity index is 1.81. The third-order valence-corrected chi connectivity index (χ3v) is 4.31. The van der Waals surface area contributed by atoms with Crippen molar-refractivity contribution in [3.8, 4) is 0 Å². The van der Waals surface area contributed by atoms with Crippen molar-refractivity contribution in [2.24, 2.45) is 11.1 Å². The molecule has 2 aliphatic rings. The van der Waals surface area contributed by atoms with E-state index in [0.717, 1.165) is 49.1 Å². The summed E-state index contributed by atoms with van der Waals surface area (Å²) in [5.74, 6) is 0.217. The van der Waals surface area contributed by atoms with E-state index in [0.29, 0.717) is 0 Å². The molecule has 3 rings (SSSR count). The van der Waals surface area contributed by atoms with Gasteiger partial charge >= 0.3 is 0 Å². The van der Waals surface area contributed by atoms with Gasteiger partial charge in [0.1, 0.15) is 0 Å². The quantitative estimate of drug-likeness (QED) is 0.848. The first-order valence-electron chi connectivity index (χ1n) is 7.61. The Bertz CT molecular complexity index is 527. The molecule has 1 fully saturated rings. The number of hydrogen-bond donors (Lipinski definition) is 0. The van der Waals surface area contributed by atoms with Crippen LogP contribution in [0.4, 0.5) is 0 Å². The molecule has 2 heterocycles. The summed E-state index contributed by atoms with van der Waals surface area (Å²) >= 11 is 5.99. The molecule has 22 heavy (non-hydrogen) atoms. The van der Waals surface area contributed by atoms with Crippen molar-refractivity contribution in [1.29, 1.82) is 0 Å². The number of oxime groups is 1. The van der Waals surface area contributed by atoms with Crippen molar-refractivity contribution >= 4 is 17.3 Å². The molecular formula is C16H22ClN3O2. The topological polar surface area (TPSA) is 37.3 Å². The second-order valence-electron chi connectivity index (χ2n) is 6.00. The van der Waals surface area contributed by atoms with Gasteiger partial charge in [-0.2, -0.15) is 0 Å². The fourth-order valence-electron chi connectivity index (χ4n) is 3.00. The molecule has 0 saturated carbocycles. The van der Waals surface area contributed by atoms with Crippen LogP contribution in [0.3, 0.4) is 0 Å². The van der Waals surface area contributed by atoms with Crippen LogP contribution >= 0.6 is 11.6 Å². The Morgan fingerprint density at radius 2 is 1.91 bits per heavy atom. The van der Waals surface area contributed by atoms with Crippen molar-refractivity contribution in [1.82, 2.24) is 9.80 Å². The average Bonchev–Trinajstić information content (AvgIpc) is 2.92. The fraction of sp³-hybridized carbons (Fsp3) is 0.562. The van der Waals surface area contributed by atoms with Gasteiger partial charge in [0.05, 0.1) is 24.8 Å². The van der Waals surface area contributed by atoms with Crippen LogP contribution in [-0.4, -0.2) is 68.7 Å². The first-order chi connectivity index (χ1) is 10.6. The Labute approximate surface area is 136 Å². The van der Waals surface area contributed by atoms with Gasteiger partial charge in [-0.3, -0.25) is 4.90 Å². The summed E-state index contributed by atoms with van der Waals surface area (Å²) in [6.45, 7) is 4.18. The zero-order chi connectivity index (χ0) is 15.5. The molecule has 0 radical (unpaired) electrons. The lowest BCUT2D eigenvalue weighted by Gasteiger charge is -2.34. The van der Waals surface area contributed by atoms with E-state index in [1.807, 2.05) is 24.3 Å². The van der Waals surface area contributed by atoms with Gasteiger partial charge in [0, 0.05) is 24.7 Å². The number of hydrogen-bond acceptors (Lipinski definition) is 5. The van der Waals surface area contributed by atoms with E-state index in [9.17, 15) is 0 Å². The van der Waals surface area contributed by atoms with E-state index in [1.54, 1.807) is 0 Å². The maximum absolute atomic E-state index is 5.99. The molecule has 6 heteroatoms. The van der Waals surface area contributed by atoms with Crippen LogP contribution in [0, 0.1) is 5.92 Å². The zero-order valence-corrected chi connectivity index (χ0v) is 13.8. The summed E-state index contributed by atoms with van der Waals surface area (Å²) < 4.78 is 5.44. The smallest absolute Gasteiger partial charge is 0.191 e. The summed E-state index contributed by atoms with van der Waals surface area (Å²) in [5.41, 5.74) is 2.08. The van der Waals surface area contributed by atoms with Gasteiger partial charge in [-0.1, -0.05) is 28.9 Å². The van der Waals surface area contributed by atoms with Crippen LogP contribution in [0.25, 0.3) is 0 Å². The normalized spacial score (nSPS) is 26.1. The minimum Gasteiger partial charge on any atom is -0.379 e. The zero-order valence-electron chi connectivity index (χ0n) is 13.0. The van der Waals surface area contributed by atoms with E-state index in [1.165, 1.54) is 0 Å². The summed E-state index contributed by atoms with van der Waals surface area (Å²) in [6.07, 6.45) is -0.0167. The molecule has 0 aromatic heterocycles. The van der Waals surface area contributed by atoms with Crippen LogP contribution < -0.4 is 0 Å². The summed E-state index contributed by atoms with van der Waals surface area (Å²) in [5, 5.41) is 5.12. The Hall–Kier alpha value is -1.14. The van der Waals surface area contributed by atoms with Gasteiger partial charge in [0.25, 0.3) is 0 Å². The molecule has 0 bridgehead atoms. The van der Waals surface area contributed by atoms with Gasteiger partial charge < -0.3 is 14.5 Å². The number of ether oxygens (including phenoxy) is 1. The molecule has 120 valence electrons. The Kier molecular flexibility index (Phi) is 4.98. The first-order valence-corrected chi connectivity index (χ1v) is 7.99. The van der Waals surface area contributed by atoms with Crippen molar-refractivity contribution in [2.75, 3.05) is 46.9 Å². The van der Waals surface area contributed by atoms with Crippen LogP contribution in [0.5, 0.6) is 0 Å². The van der Waals surface area contributed by atoms with E-state index in [4.69, 9.17) is 21.2 Å². The minimum atomic E-state index is -0.0167. The average molecular weight is 324 g/mol. The molecule has 0 aliphatic carbocycles. The highest BCUT2D eigenvalue weighted by Gasteiger charge is 2.39. The largest absolute Gasteiger partial charge is 0.379 e. The molecular weight excluding hydrogens is 302 g/mol. The van der Waals surface area contributed by atoms with E-state index in [2.05, 4.69) is 29.1 Å². The van der Waals surface area contributed by atoms with Gasteiger partial charge in [-0.25, -0.2) is 0 Å². The Morgan fingerprint density at radius 1 is 1.23 bits per heavy atom. The molecule has 0 amide bonds. The predicted octanol–water partition coefficient (Wildman–Crippen LogP) is 1.91. The minimum absolute atomic E-state index is 0.0167. The van der Waals surface area contributed by atoms with E-state index >= 15 is 0 Å². The lowest BCUT2D eigenvalue weighted by molar-refractivity contribution is -0.0985. The summed E-state index contributed by atoms with van der Waals surface area (Å²) in [6, 6.07) is 7.81. The summed E-state index contributed by atoms with van der Waals surface area (Å²) in [7, 11) is 4.16. The monoisotopic (exact) mass is 323 g/mol. The second kappa shape index (κ2) is 6.96. The van der Waals surface area contributed by atoms with Crippen molar-refractivity contribution in [3.63, 3.8) is 0 Å².